The van der Waals surface area contributed by atoms with Crippen molar-refractivity contribution >= 4 is 17.8 Å². The Morgan fingerprint density at radius 3 is 2.44 bits per heavy atom. The van der Waals surface area contributed by atoms with Gasteiger partial charge in [-0.15, -0.1) is 0 Å². The third kappa shape index (κ3) is 4.75. The van der Waals surface area contributed by atoms with Gasteiger partial charge in [0.05, 0.1) is 12.7 Å². The molecule has 1 unspecified atom stereocenters. The van der Waals surface area contributed by atoms with Crippen LogP contribution >= 0.6 is 0 Å². The maximum atomic E-state index is 12.6. The van der Waals surface area contributed by atoms with Crippen molar-refractivity contribution in [2.75, 3.05) is 7.11 Å². The van der Waals surface area contributed by atoms with Gasteiger partial charge in [-0.25, -0.2) is 4.79 Å². The van der Waals surface area contributed by atoms with E-state index in [2.05, 4.69) is 15.6 Å². The van der Waals surface area contributed by atoms with Crippen LogP contribution in [0.2, 0.25) is 0 Å². The molecule has 7 nitrogen and oxygen atoms in total. The number of aromatic nitrogens is 1. The van der Waals surface area contributed by atoms with Crippen LogP contribution in [0.15, 0.2) is 30.3 Å². The highest BCUT2D eigenvalue weighted by Gasteiger charge is 2.25. The third-order valence-corrected chi connectivity index (χ3v) is 4.35. The third-order valence-electron chi connectivity index (χ3n) is 4.35. The molecule has 7 heteroatoms. The van der Waals surface area contributed by atoms with Gasteiger partial charge in [-0.1, -0.05) is 37.3 Å². The monoisotopic (exact) mass is 371 g/mol. The number of hydrogen-bond donors (Lipinski definition) is 3. The van der Waals surface area contributed by atoms with Crippen LogP contribution in [0.25, 0.3) is 0 Å². The average molecular weight is 371 g/mol. The van der Waals surface area contributed by atoms with E-state index in [0.717, 1.165) is 5.56 Å². The zero-order valence-electron chi connectivity index (χ0n) is 16.0. The number of nitrogens with one attached hydrogen (secondary N) is 3. The number of ether oxygens (including phenoxy) is 1. The summed E-state index contributed by atoms with van der Waals surface area (Å²) in [5.41, 5.74) is 2.74. The Hall–Kier alpha value is -3.09. The van der Waals surface area contributed by atoms with Gasteiger partial charge in [0.1, 0.15) is 11.7 Å². The second-order valence-electron chi connectivity index (χ2n) is 6.22. The lowest BCUT2D eigenvalue weighted by Crippen LogP contribution is -2.44. The summed E-state index contributed by atoms with van der Waals surface area (Å²) in [6.45, 7) is 5.54. The van der Waals surface area contributed by atoms with E-state index in [1.54, 1.807) is 13.8 Å². The second kappa shape index (κ2) is 9.02. The van der Waals surface area contributed by atoms with Crippen molar-refractivity contribution in [1.82, 2.24) is 15.6 Å². The van der Waals surface area contributed by atoms with Crippen LogP contribution in [0.5, 0.6) is 0 Å². The number of amides is 2. The number of aromatic amines is 1. The summed E-state index contributed by atoms with van der Waals surface area (Å²) in [5, 5.41) is 5.45. The minimum absolute atomic E-state index is 0.259. The van der Waals surface area contributed by atoms with Crippen molar-refractivity contribution in [3.63, 3.8) is 0 Å². The van der Waals surface area contributed by atoms with E-state index in [4.69, 9.17) is 4.74 Å². The molecule has 0 aliphatic carbocycles. The van der Waals surface area contributed by atoms with Crippen molar-refractivity contribution in [3.8, 4) is 0 Å². The first-order valence-electron chi connectivity index (χ1n) is 8.81. The number of hydrogen-bond acceptors (Lipinski definition) is 4. The van der Waals surface area contributed by atoms with Crippen LogP contribution in [0, 0.1) is 6.92 Å². The predicted molar refractivity (Wildman–Crippen MR) is 101 cm³/mol. The maximum Gasteiger partial charge on any atom is 0.339 e. The molecule has 2 aromatic rings. The molecule has 3 N–H and O–H groups in total. The number of aryl methyl sites for hydroxylation is 1. The molecular formula is C20H25N3O4. The molecular weight excluding hydrogens is 346 g/mol. The molecule has 1 aromatic carbocycles. The molecule has 0 aliphatic heterocycles. The Morgan fingerprint density at radius 2 is 1.85 bits per heavy atom. The van der Waals surface area contributed by atoms with E-state index < -0.39 is 17.9 Å². The van der Waals surface area contributed by atoms with Crippen molar-refractivity contribution in [2.24, 2.45) is 0 Å². The summed E-state index contributed by atoms with van der Waals surface area (Å²) in [4.78, 5) is 39.7. The molecule has 1 atom stereocenters. The molecule has 2 rings (SSSR count). The molecule has 0 saturated carbocycles. The molecule has 0 fully saturated rings. The lowest BCUT2D eigenvalue weighted by molar-refractivity contribution is -0.122. The first-order chi connectivity index (χ1) is 12.9. The number of methoxy groups -OCH3 is 1. The highest BCUT2D eigenvalue weighted by atomic mass is 16.5. The van der Waals surface area contributed by atoms with Gasteiger partial charge in [0, 0.05) is 12.2 Å². The normalized spacial score (nSPS) is 11.6. The first-order valence-corrected chi connectivity index (χ1v) is 8.81. The number of rotatable bonds is 7. The second-order valence-corrected chi connectivity index (χ2v) is 6.22. The molecule has 144 valence electrons. The number of carbonyl (C=O) groups is 3. The molecule has 0 saturated heterocycles. The fourth-order valence-electron chi connectivity index (χ4n) is 2.80. The quantitative estimate of drug-likeness (QED) is 0.649. The lowest BCUT2D eigenvalue weighted by atomic mass is 10.1. The molecule has 1 heterocycles. The molecule has 0 radical (unpaired) electrons. The topological polar surface area (TPSA) is 100 Å². The van der Waals surface area contributed by atoms with Gasteiger partial charge >= 0.3 is 5.97 Å². The van der Waals surface area contributed by atoms with Gasteiger partial charge in [0.2, 0.25) is 5.91 Å². The van der Waals surface area contributed by atoms with Gasteiger partial charge in [-0.2, -0.15) is 0 Å². The summed E-state index contributed by atoms with van der Waals surface area (Å²) in [7, 11) is 1.30. The van der Waals surface area contributed by atoms with Crippen LogP contribution in [0.4, 0.5) is 0 Å². The maximum absolute atomic E-state index is 12.6. The van der Waals surface area contributed by atoms with Crippen molar-refractivity contribution in [3.05, 3.63) is 58.4 Å². The number of H-pyrrole nitrogens is 1. The standard InChI is InChI=1S/C20H25N3O4/c1-5-15-16(20(26)27-4)12(2)17(23-15)19(25)22-13(3)18(24)21-11-14-9-7-6-8-10-14/h6-10,13,23H,5,11H2,1-4H3,(H,21,24)(H,22,25). The fourth-order valence-corrected chi connectivity index (χ4v) is 2.80. The Kier molecular flexibility index (Phi) is 6.76. The molecule has 0 aliphatic rings. The summed E-state index contributed by atoms with van der Waals surface area (Å²) in [5.74, 6) is -1.23. The highest BCUT2D eigenvalue weighted by molar-refractivity contribution is 6.02. The zero-order valence-corrected chi connectivity index (χ0v) is 16.0. The largest absolute Gasteiger partial charge is 0.465 e. The predicted octanol–water partition coefficient (Wildman–Crippen LogP) is 2.11. The van der Waals surface area contributed by atoms with Crippen LogP contribution < -0.4 is 10.6 Å². The smallest absolute Gasteiger partial charge is 0.339 e. The van der Waals surface area contributed by atoms with E-state index in [1.807, 2.05) is 37.3 Å². The Balaban J connectivity index is 2.04. The van der Waals surface area contributed by atoms with E-state index in [0.29, 0.717) is 29.8 Å². The summed E-state index contributed by atoms with van der Waals surface area (Å²) >= 11 is 0. The minimum atomic E-state index is -0.726. The van der Waals surface area contributed by atoms with Crippen molar-refractivity contribution in [2.45, 2.75) is 39.8 Å². The van der Waals surface area contributed by atoms with Crippen molar-refractivity contribution < 1.29 is 19.1 Å². The highest BCUT2D eigenvalue weighted by Crippen LogP contribution is 2.20. The van der Waals surface area contributed by atoms with Crippen LogP contribution in [0.3, 0.4) is 0 Å². The number of carbonyl (C=O) groups excluding carboxylic acids is 3. The van der Waals surface area contributed by atoms with E-state index in [9.17, 15) is 14.4 Å². The lowest BCUT2D eigenvalue weighted by Gasteiger charge is -2.14. The van der Waals surface area contributed by atoms with Crippen LogP contribution in [0.1, 0.15) is 51.5 Å². The minimum Gasteiger partial charge on any atom is -0.465 e. The van der Waals surface area contributed by atoms with Gasteiger partial charge in [-0.3, -0.25) is 9.59 Å². The Bertz CT molecular complexity index is 827. The Labute approximate surface area is 158 Å². The zero-order chi connectivity index (χ0) is 20.0. The summed E-state index contributed by atoms with van der Waals surface area (Å²) in [6.07, 6.45) is 0.547. The molecule has 1 aromatic heterocycles. The van der Waals surface area contributed by atoms with E-state index >= 15 is 0 Å². The fraction of sp³-hybridized carbons (Fsp3) is 0.350. The number of benzene rings is 1. The van der Waals surface area contributed by atoms with Crippen LogP contribution in [-0.4, -0.2) is 35.9 Å². The van der Waals surface area contributed by atoms with E-state index in [1.165, 1.54) is 7.11 Å². The van der Waals surface area contributed by atoms with Gasteiger partial charge in [0.15, 0.2) is 0 Å². The average Bonchev–Trinajstić information content (AvgIpc) is 3.02. The summed E-state index contributed by atoms with van der Waals surface area (Å²) < 4.78 is 4.79. The van der Waals surface area contributed by atoms with Gasteiger partial charge in [0.25, 0.3) is 5.91 Å². The number of esters is 1. The van der Waals surface area contributed by atoms with E-state index in [-0.39, 0.29) is 11.6 Å². The summed E-state index contributed by atoms with van der Waals surface area (Å²) in [6, 6.07) is 8.78. The molecule has 0 spiro atoms. The first kappa shape index (κ1) is 20.2. The van der Waals surface area contributed by atoms with Gasteiger partial charge < -0.3 is 20.4 Å². The van der Waals surface area contributed by atoms with Gasteiger partial charge in [-0.05, 0) is 31.4 Å². The van der Waals surface area contributed by atoms with Crippen molar-refractivity contribution in [1.29, 1.82) is 0 Å². The molecule has 2 amide bonds. The van der Waals surface area contributed by atoms with Crippen LogP contribution in [-0.2, 0) is 22.5 Å². The SMILES string of the molecule is CCc1[nH]c(C(=O)NC(C)C(=O)NCc2ccccc2)c(C)c1C(=O)OC. The molecule has 27 heavy (non-hydrogen) atoms. The Morgan fingerprint density at radius 1 is 1.19 bits per heavy atom. The molecule has 0 bridgehead atoms.